The van der Waals surface area contributed by atoms with Gasteiger partial charge in [-0.3, -0.25) is 9.59 Å². The van der Waals surface area contributed by atoms with Crippen molar-refractivity contribution in [2.24, 2.45) is 0 Å². The van der Waals surface area contributed by atoms with Crippen LogP contribution in [0.15, 0.2) is 24.3 Å². The van der Waals surface area contributed by atoms with E-state index in [2.05, 4.69) is 38.2 Å². The molecular weight excluding hydrogens is 528 g/mol. The van der Waals surface area contributed by atoms with Gasteiger partial charge in [-0.25, -0.2) is 0 Å². The zero-order chi connectivity index (χ0) is 29.8. The Morgan fingerprint density at radius 3 is 0.854 bits per heavy atom. The minimum absolute atomic E-state index is 0. The first kappa shape index (κ1) is 44.2. The van der Waals surface area contributed by atoms with Crippen LogP contribution in [0.3, 0.4) is 0 Å². The second kappa shape index (κ2) is 40.9. The average Bonchev–Trinajstić information content (AvgIpc) is 2.93. The summed E-state index contributed by atoms with van der Waals surface area (Å²) in [5.41, 5.74) is 0. The highest BCUT2D eigenvalue weighted by Gasteiger charge is 1.97. The molecule has 0 aromatic rings. The number of rotatable bonds is 30. The summed E-state index contributed by atoms with van der Waals surface area (Å²) in [6.45, 7) is 4.52. The van der Waals surface area contributed by atoms with Gasteiger partial charge < -0.3 is 10.2 Å². The molecule has 0 aliphatic rings. The summed E-state index contributed by atoms with van der Waals surface area (Å²) < 4.78 is 0. The number of hydrogen-bond donors (Lipinski definition) is 2. The smallest absolute Gasteiger partial charge is 0.303 e. The summed E-state index contributed by atoms with van der Waals surface area (Å²) in [7, 11) is 0. The second-order valence-corrected chi connectivity index (χ2v) is 11.5. The molecule has 0 atom stereocenters. The van der Waals surface area contributed by atoms with E-state index >= 15 is 0 Å². The minimum Gasteiger partial charge on any atom is -0.481 e. The monoisotopic (exact) mass is 596 g/mol. The van der Waals surface area contributed by atoms with Gasteiger partial charge >= 0.3 is 11.9 Å². The number of carboxylic acids is 2. The molecule has 0 rings (SSSR count). The van der Waals surface area contributed by atoms with Crippen molar-refractivity contribution in [3.63, 3.8) is 0 Å². The molecule has 0 unspecified atom stereocenters. The van der Waals surface area contributed by atoms with Crippen LogP contribution in [0.2, 0.25) is 0 Å². The summed E-state index contributed by atoms with van der Waals surface area (Å²) >= 11 is 0. The Kier molecular flexibility index (Phi) is 44.1. The molecule has 0 aromatic heterocycles. The standard InChI is InChI=1S/2C18H34O2.S/c2*1-2-3-4-5-6-7-8-9-10-11-12-13-14-15-16-17-18(19)20;/h2*9-10H,2-8,11-17H2,1H3,(H,19,20);/b2*10-9-;. The third-order valence-electron chi connectivity index (χ3n) is 7.30. The lowest BCUT2D eigenvalue weighted by Gasteiger charge is -1.99. The molecule has 0 amide bonds. The third kappa shape index (κ3) is 48.8. The van der Waals surface area contributed by atoms with Crippen LogP contribution in [-0.4, -0.2) is 22.2 Å². The first-order valence-electron chi connectivity index (χ1n) is 17.3. The zero-order valence-electron chi connectivity index (χ0n) is 27.2. The van der Waals surface area contributed by atoms with Crippen molar-refractivity contribution in [2.75, 3.05) is 0 Å². The van der Waals surface area contributed by atoms with E-state index < -0.39 is 11.9 Å². The van der Waals surface area contributed by atoms with Crippen molar-refractivity contribution in [3.8, 4) is 0 Å². The number of unbranched alkanes of at least 4 members (excludes halogenated alkanes) is 22. The van der Waals surface area contributed by atoms with E-state index in [0.717, 1.165) is 25.7 Å². The Morgan fingerprint density at radius 1 is 0.390 bits per heavy atom. The summed E-state index contributed by atoms with van der Waals surface area (Å²) in [6.07, 6.45) is 42.5. The van der Waals surface area contributed by atoms with Crippen molar-refractivity contribution < 1.29 is 19.8 Å². The van der Waals surface area contributed by atoms with E-state index in [1.807, 2.05) is 0 Å². The molecular formula is C36H68O4S. The van der Waals surface area contributed by atoms with E-state index in [0.29, 0.717) is 12.8 Å². The zero-order valence-corrected chi connectivity index (χ0v) is 28.0. The van der Waals surface area contributed by atoms with Crippen LogP contribution in [-0.2, 0) is 9.59 Å². The van der Waals surface area contributed by atoms with Crippen molar-refractivity contribution >= 4 is 25.4 Å². The fourth-order valence-electron chi connectivity index (χ4n) is 4.69. The second-order valence-electron chi connectivity index (χ2n) is 11.5. The highest BCUT2D eigenvalue weighted by atomic mass is 32.1. The van der Waals surface area contributed by atoms with Gasteiger partial charge in [-0.1, -0.05) is 141 Å². The van der Waals surface area contributed by atoms with Crippen molar-refractivity contribution in [1.82, 2.24) is 0 Å². The van der Waals surface area contributed by atoms with Gasteiger partial charge in [0, 0.05) is 26.3 Å². The number of aliphatic carboxylic acids is 2. The highest BCUT2D eigenvalue weighted by molar-refractivity contribution is 7.59. The lowest BCUT2D eigenvalue weighted by molar-refractivity contribution is -0.138. The van der Waals surface area contributed by atoms with Crippen LogP contribution in [0.25, 0.3) is 0 Å². The Morgan fingerprint density at radius 2 is 0.610 bits per heavy atom. The number of allylic oxidation sites excluding steroid dienone is 4. The molecule has 0 saturated heterocycles. The fourth-order valence-corrected chi connectivity index (χ4v) is 4.69. The molecule has 0 aromatic carbocycles. The maximum atomic E-state index is 10.3. The van der Waals surface area contributed by atoms with Crippen LogP contribution in [0.5, 0.6) is 0 Å². The van der Waals surface area contributed by atoms with Crippen LogP contribution in [0.4, 0.5) is 0 Å². The van der Waals surface area contributed by atoms with Gasteiger partial charge in [0.2, 0.25) is 0 Å². The van der Waals surface area contributed by atoms with Crippen LogP contribution in [0.1, 0.15) is 194 Å². The summed E-state index contributed by atoms with van der Waals surface area (Å²) in [5, 5.41) is 17.0. The normalized spacial score (nSPS) is 11.0. The quantitative estimate of drug-likeness (QED) is 0.0639. The Bertz CT molecular complexity index is 524. The number of carboxylic acid groups (broad SMARTS) is 2. The van der Waals surface area contributed by atoms with Crippen molar-refractivity contribution in [1.29, 1.82) is 0 Å². The van der Waals surface area contributed by atoms with Crippen molar-refractivity contribution in [2.45, 2.75) is 194 Å². The number of carbonyl (C=O) groups is 2. The summed E-state index contributed by atoms with van der Waals surface area (Å²) in [5.74, 6) is -1.33. The lowest BCUT2D eigenvalue weighted by Crippen LogP contribution is -1.93. The van der Waals surface area contributed by atoms with Crippen LogP contribution in [0, 0.1) is 0 Å². The topological polar surface area (TPSA) is 74.6 Å². The Hall–Kier alpha value is -1.23. The van der Waals surface area contributed by atoms with E-state index in [1.54, 1.807) is 0 Å². The van der Waals surface area contributed by atoms with Gasteiger partial charge in [0.05, 0.1) is 0 Å². The summed E-state index contributed by atoms with van der Waals surface area (Å²) in [6, 6.07) is 0. The highest BCUT2D eigenvalue weighted by Crippen LogP contribution is 2.11. The number of hydrogen-bond acceptors (Lipinski definition) is 2. The van der Waals surface area contributed by atoms with E-state index in [9.17, 15) is 9.59 Å². The van der Waals surface area contributed by atoms with Gasteiger partial charge in [-0.15, -0.1) is 0 Å². The van der Waals surface area contributed by atoms with Gasteiger partial charge in [0.25, 0.3) is 0 Å². The molecule has 4 nitrogen and oxygen atoms in total. The molecule has 0 saturated carbocycles. The van der Waals surface area contributed by atoms with Gasteiger partial charge in [0.15, 0.2) is 0 Å². The van der Waals surface area contributed by atoms with Gasteiger partial charge in [0.1, 0.15) is 0 Å². The van der Waals surface area contributed by atoms with Crippen LogP contribution < -0.4 is 0 Å². The maximum absolute atomic E-state index is 10.3. The fraction of sp³-hybridized carbons (Fsp3) is 0.833. The van der Waals surface area contributed by atoms with Gasteiger partial charge in [-0.2, -0.15) is 0 Å². The molecule has 0 heterocycles. The Labute approximate surface area is 262 Å². The maximum Gasteiger partial charge on any atom is 0.303 e. The predicted molar refractivity (Wildman–Crippen MR) is 182 cm³/mol. The molecule has 242 valence electrons. The molecule has 2 radical (unpaired) electrons. The first-order valence-corrected chi connectivity index (χ1v) is 17.3. The molecule has 0 spiro atoms. The molecule has 5 heteroatoms. The largest absolute Gasteiger partial charge is 0.481 e. The lowest BCUT2D eigenvalue weighted by atomic mass is 10.1. The predicted octanol–water partition coefficient (Wildman–Crippen LogP) is 12.9. The molecule has 0 aliphatic carbocycles. The van der Waals surface area contributed by atoms with E-state index in [1.165, 1.54) is 141 Å². The van der Waals surface area contributed by atoms with Crippen molar-refractivity contribution in [3.05, 3.63) is 24.3 Å². The average molecular weight is 597 g/mol. The first-order chi connectivity index (χ1) is 19.5. The molecule has 2 N–H and O–H groups in total. The molecule has 0 fully saturated rings. The van der Waals surface area contributed by atoms with E-state index in [4.69, 9.17) is 10.2 Å². The van der Waals surface area contributed by atoms with E-state index in [-0.39, 0.29) is 13.5 Å². The third-order valence-corrected chi connectivity index (χ3v) is 7.30. The van der Waals surface area contributed by atoms with Gasteiger partial charge in [-0.05, 0) is 64.2 Å². The molecule has 41 heavy (non-hydrogen) atoms. The minimum atomic E-state index is -0.664. The molecule has 0 bridgehead atoms. The summed E-state index contributed by atoms with van der Waals surface area (Å²) in [4.78, 5) is 20.6. The molecule has 0 aliphatic heterocycles. The SMILES string of the molecule is CCCCCCCC/C=C\CCCCCCCC(=O)O.CCCCCCCC/C=C\CCCCCCCC(=O)O.[S]. The van der Waals surface area contributed by atoms with Crippen LogP contribution >= 0.6 is 13.5 Å². The Balaban J connectivity index is -0.000000688.